The minimum absolute atomic E-state index is 0.0676. The predicted octanol–water partition coefficient (Wildman–Crippen LogP) is -0.882. The number of benzene rings is 1. The molecule has 2 radical (unpaired) electrons. The van der Waals surface area contributed by atoms with Crippen LogP contribution in [0.1, 0.15) is 10.4 Å². The van der Waals surface area contributed by atoms with Crippen LogP contribution in [0.2, 0.25) is 5.02 Å². The number of nitrogens with two attached hydrogens (primary N) is 1. The van der Waals surface area contributed by atoms with E-state index in [1.165, 1.54) is 18.2 Å². The normalized spacial score (nSPS) is 8.80. The number of rotatable bonds is 2. The summed E-state index contributed by atoms with van der Waals surface area (Å²) in [4.78, 5) is 10.7. The molecule has 8 heteroatoms. The first-order valence-corrected chi connectivity index (χ1v) is 4.63. The van der Waals surface area contributed by atoms with Crippen molar-refractivity contribution in [2.24, 2.45) is 5.73 Å². The number of hydrogen-bond donors (Lipinski definition) is 4. The molecule has 0 fully saturated rings. The van der Waals surface area contributed by atoms with Gasteiger partial charge in [0.1, 0.15) is 0 Å². The summed E-state index contributed by atoms with van der Waals surface area (Å²) in [6, 6.07) is 4.04. The van der Waals surface area contributed by atoms with Gasteiger partial charge in [-0.3, -0.25) is 4.79 Å². The van der Waals surface area contributed by atoms with Crippen molar-refractivity contribution in [2.75, 3.05) is 0 Å². The number of amides is 1. The number of thiol groups is 1. The molecule has 78 valence electrons. The summed E-state index contributed by atoms with van der Waals surface area (Å²) in [6.45, 7) is 0. The third-order valence-electron chi connectivity index (χ3n) is 1.56. The van der Waals surface area contributed by atoms with Gasteiger partial charge in [-0.05, 0) is 18.2 Å². The van der Waals surface area contributed by atoms with E-state index in [0.717, 1.165) is 0 Å². The van der Waals surface area contributed by atoms with Crippen molar-refractivity contribution in [1.82, 2.24) is 0 Å². The smallest absolute Gasteiger partial charge is 0.423 e. The zero-order valence-electron chi connectivity index (χ0n) is 7.59. The van der Waals surface area contributed by atoms with Gasteiger partial charge in [0.05, 0.1) is 0 Å². The van der Waals surface area contributed by atoms with Gasteiger partial charge in [0.15, 0.2) is 7.12 Å². The van der Waals surface area contributed by atoms with E-state index in [9.17, 15) is 4.79 Å². The highest BCUT2D eigenvalue weighted by molar-refractivity contribution is 8.03. The Morgan fingerprint density at radius 1 is 1.47 bits per heavy atom. The lowest BCUT2D eigenvalue weighted by Gasteiger charge is -2.03. The topological polar surface area (TPSA) is 83.6 Å². The minimum Gasteiger partial charge on any atom is -0.423 e. The quantitative estimate of drug-likeness (QED) is 0.402. The molecule has 0 unspecified atom stereocenters. The lowest BCUT2D eigenvalue weighted by Crippen LogP contribution is -2.32. The van der Waals surface area contributed by atoms with E-state index in [1.807, 2.05) is 0 Å². The molecule has 0 saturated heterocycles. The summed E-state index contributed by atoms with van der Waals surface area (Å²) >= 11 is 8.65. The summed E-state index contributed by atoms with van der Waals surface area (Å²) in [6.07, 6.45) is 0. The monoisotopic (exact) mass is 243 g/mol. The molecule has 4 nitrogen and oxygen atoms in total. The summed E-state index contributed by atoms with van der Waals surface area (Å²) in [5.74, 6) is -0.640. The van der Waals surface area contributed by atoms with E-state index < -0.39 is 13.0 Å². The molecule has 1 amide bonds. The van der Waals surface area contributed by atoms with Crippen LogP contribution in [0.5, 0.6) is 0 Å². The van der Waals surface area contributed by atoms with Crippen molar-refractivity contribution in [2.45, 2.75) is 0 Å². The van der Waals surface area contributed by atoms with E-state index in [0.29, 0.717) is 0 Å². The number of carbonyl (C=O) groups is 1. The molecular formula is C7H8B2ClNO3S. The second-order valence-corrected chi connectivity index (χ2v) is 2.88. The van der Waals surface area contributed by atoms with Crippen molar-refractivity contribution < 1.29 is 14.8 Å². The average molecular weight is 243 g/mol. The molecule has 1 aromatic rings. The molecule has 1 aromatic carbocycles. The van der Waals surface area contributed by atoms with E-state index in [-0.39, 0.29) is 16.0 Å². The molecular weight excluding hydrogens is 235 g/mol. The molecule has 0 heterocycles. The Kier molecular flexibility index (Phi) is 6.51. The first-order valence-electron chi connectivity index (χ1n) is 3.73. The summed E-state index contributed by atoms with van der Waals surface area (Å²) in [5, 5.41) is 17.8. The Morgan fingerprint density at radius 3 is 2.40 bits per heavy atom. The SMILES string of the molecule is NC(=O)c1ccc(Cl)c(B(O)O)c1.[B]S. The van der Waals surface area contributed by atoms with Gasteiger partial charge in [-0.1, -0.05) is 11.6 Å². The van der Waals surface area contributed by atoms with Crippen LogP contribution in [0.4, 0.5) is 0 Å². The predicted molar refractivity (Wildman–Crippen MR) is 64.5 cm³/mol. The van der Waals surface area contributed by atoms with Crippen LogP contribution in [0.25, 0.3) is 0 Å². The second-order valence-electron chi connectivity index (χ2n) is 2.47. The van der Waals surface area contributed by atoms with Gasteiger partial charge in [-0.2, -0.15) is 0 Å². The van der Waals surface area contributed by atoms with Crippen molar-refractivity contribution in [1.29, 1.82) is 0 Å². The minimum atomic E-state index is -1.70. The Morgan fingerprint density at radius 2 is 2.00 bits per heavy atom. The van der Waals surface area contributed by atoms with Gasteiger partial charge < -0.3 is 15.8 Å². The van der Waals surface area contributed by atoms with Crippen LogP contribution in [0.15, 0.2) is 18.2 Å². The van der Waals surface area contributed by atoms with Gasteiger partial charge in [0.25, 0.3) is 0 Å². The molecule has 0 spiro atoms. The molecule has 0 aliphatic heterocycles. The van der Waals surface area contributed by atoms with Crippen molar-refractivity contribution in [3.05, 3.63) is 28.8 Å². The molecule has 0 saturated carbocycles. The summed E-state index contributed by atoms with van der Waals surface area (Å²) in [5.41, 5.74) is 5.24. The largest absolute Gasteiger partial charge is 0.489 e. The zero-order valence-corrected chi connectivity index (χ0v) is 9.24. The van der Waals surface area contributed by atoms with Gasteiger partial charge in [0.2, 0.25) is 5.91 Å². The van der Waals surface area contributed by atoms with E-state index in [4.69, 9.17) is 27.4 Å². The van der Waals surface area contributed by atoms with Crippen LogP contribution in [0.3, 0.4) is 0 Å². The van der Waals surface area contributed by atoms with Crippen LogP contribution in [-0.2, 0) is 0 Å². The highest BCUT2D eigenvalue weighted by Crippen LogP contribution is 2.07. The molecule has 0 aliphatic rings. The van der Waals surface area contributed by atoms with Crippen LogP contribution >= 0.6 is 24.1 Å². The zero-order chi connectivity index (χ0) is 12.0. The first-order chi connectivity index (χ1) is 7.02. The fourth-order valence-corrected chi connectivity index (χ4v) is 1.11. The Bertz CT molecular complexity index is 351. The van der Waals surface area contributed by atoms with E-state index in [1.54, 1.807) is 0 Å². The maximum atomic E-state index is 10.7. The average Bonchev–Trinajstić information content (AvgIpc) is 2.20. The van der Waals surface area contributed by atoms with Crippen molar-refractivity contribution >= 4 is 49.7 Å². The Hall–Kier alpha value is -0.620. The number of primary amides is 1. The molecule has 0 aromatic heterocycles. The molecule has 0 bridgehead atoms. The Labute approximate surface area is 99.3 Å². The first kappa shape index (κ1) is 14.4. The molecule has 4 N–H and O–H groups in total. The van der Waals surface area contributed by atoms with E-state index in [2.05, 4.69) is 19.6 Å². The fourth-order valence-electron chi connectivity index (χ4n) is 0.895. The van der Waals surface area contributed by atoms with E-state index >= 15 is 0 Å². The third-order valence-corrected chi connectivity index (χ3v) is 1.90. The third kappa shape index (κ3) is 4.17. The number of halogens is 1. The fraction of sp³-hybridized carbons (Fsp3) is 0. The second kappa shape index (κ2) is 6.79. The highest BCUT2D eigenvalue weighted by Gasteiger charge is 2.16. The molecule has 15 heavy (non-hydrogen) atoms. The van der Waals surface area contributed by atoms with Crippen LogP contribution in [-0.4, -0.2) is 30.2 Å². The summed E-state index contributed by atoms with van der Waals surface area (Å²) < 4.78 is 0. The Balaban J connectivity index is 0.000000921. The van der Waals surface area contributed by atoms with Gasteiger partial charge >= 0.3 is 7.12 Å². The van der Waals surface area contributed by atoms with Gasteiger partial charge in [-0.25, -0.2) is 12.5 Å². The van der Waals surface area contributed by atoms with Gasteiger partial charge in [-0.15, -0.1) is 0 Å². The maximum absolute atomic E-state index is 10.7. The van der Waals surface area contributed by atoms with Gasteiger partial charge in [0, 0.05) is 16.0 Å². The van der Waals surface area contributed by atoms with Crippen LogP contribution < -0.4 is 11.2 Å². The highest BCUT2D eigenvalue weighted by atomic mass is 35.5. The van der Waals surface area contributed by atoms with Crippen molar-refractivity contribution in [3.8, 4) is 0 Å². The lowest BCUT2D eigenvalue weighted by molar-refractivity contribution is 0.100. The van der Waals surface area contributed by atoms with Crippen molar-refractivity contribution in [3.63, 3.8) is 0 Å². The number of carbonyl (C=O) groups excluding carboxylic acids is 1. The number of hydrogen-bond acceptors (Lipinski definition) is 4. The molecule has 0 aliphatic carbocycles. The lowest BCUT2D eigenvalue weighted by atomic mass is 9.79. The molecule has 1 rings (SSSR count). The van der Waals surface area contributed by atoms with Crippen LogP contribution in [0, 0.1) is 0 Å². The molecule has 0 atom stereocenters. The summed E-state index contributed by atoms with van der Waals surface area (Å²) in [7, 11) is 2.49. The maximum Gasteiger partial charge on any atom is 0.489 e. The standard InChI is InChI=1S/C7H7BClNO3.BHS/c9-6-2-1-4(7(10)11)3-5(6)8(12)13;1-2/h1-3,12-13H,(H2,10,11);2H.